The van der Waals surface area contributed by atoms with Crippen LogP contribution in [0.15, 0.2) is 12.1 Å². The average Bonchev–Trinajstić information content (AvgIpc) is 1.99. The minimum absolute atomic E-state index is 0.154. The van der Waals surface area contributed by atoms with Gasteiger partial charge in [-0.2, -0.15) is 0 Å². The molecule has 0 aliphatic rings. The monoisotopic (exact) mass is 297 g/mol. The number of hydrogen-bond acceptors (Lipinski definition) is 2. The van der Waals surface area contributed by atoms with Gasteiger partial charge in [-0.25, -0.2) is 4.79 Å². The number of aromatic carboxylic acids is 1. The van der Waals surface area contributed by atoms with Crippen molar-refractivity contribution in [3.63, 3.8) is 0 Å². The van der Waals surface area contributed by atoms with Gasteiger partial charge in [0.05, 0.1) is 16.3 Å². The lowest BCUT2D eigenvalue weighted by atomic mass is 10.2. The number of nitrogen functional groups attached to an aromatic ring is 1. The maximum Gasteiger partial charge on any atom is 0.335 e. The van der Waals surface area contributed by atoms with Crippen LogP contribution in [0, 0.1) is 3.57 Å². The van der Waals surface area contributed by atoms with E-state index in [9.17, 15) is 4.79 Å². The Bertz CT molecular complexity index is 317. The van der Waals surface area contributed by atoms with E-state index in [1.807, 2.05) is 22.6 Å². The molecule has 1 rings (SSSR count). The van der Waals surface area contributed by atoms with E-state index in [0.717, 1.165) is 0 Å². The molecule has 1 aromatic carbocycles. The fourth-order valence-electron chi connectivity index (χ4n) is 0.734. The van der Waals surface area contributed by atoms with Gasteiger partial charge in [0.15, 0.2) is 0 Å². The van der Waals surface area contributed by atoms with Crippen LogP contribution in [0.4, 0.5) is 5.69 Å². The second kappa shape index (κ2) is 3.49. The lowest BCUT2D eigenvalue weighted by molar-refractivity contribution is 0.0697. The maximum absolute atomic E-state index is 10.5. The topological polar surface area (TPSA) is 63.3 Å². The number of carboxylic acids is 1. The summed E-state index contributed by atoms with van der Waals surface area (Å²) in [6.45, 7) is 0. The molecule has 64 valence electrons. The smallest absolute Gasteiger partial charge is 0.335 e. The summed E-state index contributed by atoms with van der Waals surface area (Å²) >= 11 is 7.66. The summed E-state index contributed by atoms with van der Waals surface area (Å²) in [6.07, 6.45) is 0. The molecule has 0 fully saturated rings. The van der Waals surface area contributed by atoms with Gasteiger partial charge < -0.3 is 10.8 Å². The predicted molar refractivity (Wildman–Crippen MR) is 55.5 cm³/mol. The van der Waals surface area contributed by atoms with Gasteiger partial charge in [0.1, 0.15) is 0 Å². The first-order chi connectivity index (χ1) is 5.52. The van der Waals surface area contributed by atoms with Crippen LogP contribution in [0.3, 0.4) is 0 Å². The van der Waals surface area contributed by atoms with Crippen LogP contribution >= 0.6 is 34.2 Å². The first-order valence-corrected chi connectivity index (χ1v) is 4.46. The van der Waals surface area contributed by atoms with Gasteiger partial charge in [-0.3, -0.25) is 0 Å². The Balaban J connectivity index is 3.31. The molecular formula is C7H5ClINO2. The van der Waals surface area contributed by atoms with E-state index in [1.54, 1.807) is 0 Å². The van der Waals surface area contributed by atoms with Crippen molar-refractivity contribution in [1.29, 1.82) is 0 Å². The highest BCUT2D eigenvalue weighted by atomic mass is 127. The molecule has 3 N–H and O–H groups in total. The fraction of sp³-hybridized carbons (Fsp3) is 0. The van der Waals surface area contributed by atoms with Crippen molar-refractivity contribution in [2.45, 2.75) is 0 Å². The van der Waals surface area contributed by atoms with Crippen molar-refractivity contribution in [1.82, 2.24) is 0 Å². The van der Waals surface area contributed by atoms with Gasteiger partial charge >= 0.3 is 5.97 Å². The zero-order chi connectivity index (χ0) is 9.30. The van der Waals surface area contributed by atoms with Crippen LogP contribution in [0.5, 0.6) is 0 Å². The van der Waals surface area contributed by atoms with Crippen molar-refractivity contribution in [3.8, 4) is 0 Å². The van der Waals surface area contributed by atoms with E-state index in [-0.39, 0.29) is 5.56 Å². The number of hydrogen-bond donors (Lipinski definition) is 2. The standard InChI is InChI=1S/C7H5ClINO2/c8-6-4(9)1-3(7(11)12)2-5(6)10/h1-2H,10H2,(H,11,12). The fourth-order valence-corrected chi connectivity index (χ4v) is 1.49. The molecule has 3 nitrogen and oxygen atoms in total. The second-order valence-electron chi connectivity index (χ2n) is 2.17. The molecule has 1 aromatic rings. The molecule has 0 spiro atoms. The summed E-state index contributed by atoms with van der Waals surface area (Å²) in [4.78, 5) is 10.5. The van der Waals surface area contributed by atoms with Gasteiger partial charge in [0, 0.05) is 3.57 Å². The van der Waals surface area contributed by atoms with Gasteiger partial charge in [-0.1, -0.05) is 11.6 Å². The van der Waals surface area contributed by atoms with E-state index < -0.39 is 5.97 Å². The van der Waals surface area contributed by atoms with Crippen LogP contribution in [0.1, 0.15) is 10.4 Å². The molecule has 0 saturated carbocycles. The van der Waals surface area contributed by atoms with Gasteiger partial charge in [-0.15, -0.1) is 0 Å². The average molecular weight is 297 g/mol. The van der Waals surface area contributed by atoms with Gasteiger partial charge in [0.2, 0.25) is 0 Å². The number of rotatable bonds is 1. The molecule has 0 saturated heterocycles. The minimum atomic E-state index is -1.00. The number of carboxylic acid groups (broad SMARTS) is 1. The molecule has 0 aliphatic carbocycles. The third kappa shape index (κ3) is 1.81. The van der Waals surface area contributed by atoms with E-state index in [0.29, 0.717) is 14.3 Å². The van der Waals surface area contributed by atoms with Crippen molar-refractivity contribution in [3.05, 3.63) is 26.3 Å². The van der Waals surface area contributed by atoms with Crippen molar-refractivity contribution in [2.75, 3.05) is 5.73 Å². The SMILES string of the molecule is Nc1cc(C(=O)O)cc(I)c1Cl. The third-order valence-corrected chi connectivity index (χ3v) is 2.89. The Morgan fingerprint density at radius 2 is 2.17 bits per heavy atom. The molecule has 0 atom stereocenters. The van der Waals surface area contributed by atoms with Crippen molar-refractivity contribution >= 4 is 45.8 Å². The molecule has 0 unspecified atom stereocenters. The molecule has 5 heteroatoms. The summed E-state index contributed by atoms with van der Waals surface area (Å²) in [5.74, 6) is -1.00. The maximum atomic E-state index is 10.5. The number of benzene rings is 1. The third-order valence-electron chi connectivity index (χ3n) is 1.30. The van der Waals surface area contributed by atoms with E-state index in [1.165, 1.54) is 12.1 Å². The number of nitrogens with two attached hydrogens (primary N) is 1. The normalized spacial score (nSPS) is 9.83. The molecule has 0 heterocycles. The predicted octanol–water partition coefficient (Wildman–Crippen LogP) is 2.22. The molecule has 0 radical (unpaired) electrons. The molecule has 12 heavy (non-hydrogen) atoms. The Morgan fingerprint density at radius 1 is 1.58 bits per heavy atom. The summed E-state index contributed by atoms with van der Waals surface area (Å²) in [6, 6.07) is 2.81. The second-order valence-corrected chi connectivity index (χ2v) is 3.71. The Kier molecular flexibility index (Phi) is 2.79. The summed E-state index contributed by atoms with van der Waals surface area (Å²) in [5.41, 5.74) is 5.91. The molecule has 0 aliphatic heterocycles. The van der Waals surface area contributed by atoms with Crippen LogP contribution < -0.4 is 5.73 Å². The van der Waals surface area contributed by atoms with Crippen LogP contribution in [0.25, 0.3) is 0 Å². The lowest BCUT2D eigenvalue weighted by Crippen LogP contribution is -1.99. The quantitative estimate of drug-likeness (QED) is 0.617. The lowest BCUT2D eigenvalue weighted by Gasteiger charge is -2.02. The summed E-state index contributed by atoms with van der Waals surface area (Å²) in [7, 11) is 0. The highest BCUT2D eigenvalue weighted by Crippen LogP contribution is 2.26. The molecule has 0 amide bonds. The van der Waals surface area contributed by atoms with Crippen molar-refractivity contribution < 1.29 is 9.90 Å². The molecule has 0 bridgehead atoms. The number of anilines is 1. The Hall–Kier alpha value is -0.490. The van der Waals surface area contributed by atoms with Gasteiger partial charge in [0.25, 0.3) is 0 Å². The zero-order valence-corrected chi connectivity index (χ0v) is 8.76. The molecular weight excluding hydrogens is 292 g/mol. The first-order valence-electron chi connectivity index (χ1n) is 3.00. The largest absolute Gasteiger partial charge is 0.478 e. The van der Waals surface area contributed by atoms with Crippen molar-refractivity contribution in [2.24, 2.45) is 0 Å². The molecule has 0 aromatic heterocycles. The highest BCUT2D eigenvalue weighted by molar-refractivity contribution is 14.1. The Morgan fingerprint density at radius 3 is 2.58 bits per heavy atom. The minimum Gasteiger partial charge on any atom is -0.478 e. The van der Waals surface area contributed by atoms with E-state index in [2.05, 4.69) is 0 Å². The zero-order valence-electron chi connectivity index (χ0n) is 5.84. The van der Waals surface area contributed by atoms with Crippen LogP contribution in [-0.4, -0.2) is 11.1 Å². The van der Waals surface area contributed by atoms with E-state index in [4.69, 9.17) is 22.4 Å². The summed E-state index contributed by atoms with van der Waals surface area (Å²) < 4.78 is 0.645. The number of carbonyl (C=O) groups is 1. The Labute approximate surface area is 87.7 Å². The highest BCUT2D eigenvalue weighted by Gasteiger charge is 2.08. The van der Waals surface area contributed by atoms with Crippen LogP contribution in [-0.2, 0) is 0 Å². The first kappa shape index (κ1) is 9.60. The number of halogens is 2. The van der Waals surface area contributed by atoms with Gasteiger partial charge in [-0.05, 0) is 34.7 Å². The van der Waals surface area contributed by atoms with Crippen LogP contribution in [0.2, 0.25) is 5.02 Å². The summed E-state index contributed by atoms with van der Waals surface area (Å²) in [5, 5.41) is 9.03. The van der Waals surface area contributed by atoms with E-state index >= 15 is 0 Å².